The van der Waals surface area contributed by atoms with Gasteiger partial charge >= 0.3 is 0 Å². The quantitative estimate of drug-likeness (QED) is 0.728. The van der Waals surface area contributed by atoms with E-state index in [-0.39, 0.29) is 16.1 Å². The molecule has 0 aliphatic carbocycles. The van der Waals surface area contributed by atoms with E-state index in [1.165, 1.54) is 19.2 Å². The lowest BCUT2D eigenvalue weighted by Gasteiger charge is -2.03. The fourth-order valence-electron chi connectivity index (χ4n) is 1.33. The van der Waals surface area contributed by atoms with Crippen molar-refractivity contribution in [1.82, 2.24) is 9.97 Å². The molecule has 0 aliphatic heterocycles. The van der Waals surface area contributed by atoms with Crippen molar-refractivity contribution < 1.29 is 9.13 Å². The Morgan fingerprint density at radius 2 is 2.13 bits per heavy atom. The standard InChI is InChI=1S/C9H7FN2O2S/c1-14-7-2-4-6(3-5(7)10)11-9(15)12-8(4)13/h2-3H,1H3,(H2,11,12,13,15). The molecule has 0 bridgehead atoms. The summed E-state index contributed by atoms with van der Waals surface area (Å²) < 4.78 is 18.2. The average Bonchev–Trinajstić information content (AvgIpc) is 2.16. The molecule has 0 atom stereocenters. The predicted molar refractivity (Wildman–Crippen MR) is 56.3 cm³/mol. The zero-order valence-corrected chi connectivity index (χ0v) is 8.57. The first-order valence-corrected chi connectivity index (χ1v) is 4.52. The third-order valence-electron chi connectivity index (χ3n) is 2.01. The summed E-state index contributed by atoms with van der Waals surface area (Å²) >= 11 is 4.77. The summed E-state index contributed by atoms with van der Waals surface area (Å²) in [6.45, 7) is 0. The van der Waals surface area contributed by atoms with Gasteiger partial charge in [-0.05, 0) is 18.3 Å². The highest BCUT2D eigenvalue weighted by Gasteiger charge is 2.07. The lowest BCUT2D eigenvalue weighted by Crippen LogP contribution is -2.08. The smallest absolute Gasteiger partial charge is 0.259 e. The van der Waals surface area contributed by atoms with Crippen LogP contribution in [0.3, 0.4) is 0 Å². The molecule has 2 N–H and O–H groups in total. The molecule has 78 valence electrons. The Balaban J connectivity index is 2.94. The minimum Gasteiger partial charge on any atom is -0.494 e. The predicted octanol–water partition coefficient (Wildman–Crippen LogP) is 1.73. The number of aromatic amines is 2. The summed E-state index contributed by atoms with van der Waals surface area (Å²) in [6.07, 6.45) is 0. The SMILES string of the molecule is COc1cc2c(=O)[nH]c(=S)[nH]c2cc1F. The molecule has 1 heterocycles. The number of fused-ring (bicyclic) bond motifs is 1. The van der Waals surface area contributed by atoms with Crippen LogP contribution < -0.4 is 10.3 Å². The summed E-state index contributed by atoms with van der Waals surface area (Å²) in [5, 5.41) is 0.307. The van der Waals surface area contributed by atoms with Gasteiger partial charge in [0.1, 0.15) is 0 Å². The molecule has 0 saturated heterocycles. The van der Waals surface area contributed by atoms with Gasteiger partial charge in [-0.15, -0.1) is 0 Å². The number of hydrogen-bond acceptors (Lipinski definition) is 3. The molecule has 0 fully saturated rings. The summed E-state index contributed by atoms with van der Waals surface area (Å²) in [4.78, 5) is 16.6. The number of ether oxygens (including phenoxy) is 1. The molecule has 1 aromatic carbocycles. The topological polar surface area (TPSA) is 57.9 Å². The minimum absolute atomic E-state index is 0.0264. The Labute approximate surface area is 88.7 Å². The molecule has 2 rings (SSSR count). The van der Waals surface area contributed by atoms with Crippen molar-refractivity contribution in [2.75, 3.05) is 7.11 Å². The van der Waals surface area contributed by atoms with Gasteiger partial charge in [-0.25, -0.2) is 4.39 Å². The second kappa shape index (κ2) is 3.47. The lowest BCUT2D eigenvalue weighted by molar-refractivity contribution is 0.387. The molecule has 0 amide bonds. The van der Waals surface area contributed by atoms with Crippen LogP contribution in [0.15, 0.2) is 16.9 Å². The zero-order chi connectivity index (χ0) is 11.0. The summed E-state index contributed by atoms with van der Waals surface area (Å²) in [5.74, 6) is -0.514. The molecule has 2 aromatic rings. The lowest BCUT2D eigenvalue weighted by atomic mass is 10.2. The van der Waals surface area contributed by atoms with Crippen LogP contribution in [-0.4, -0.2) is 17.1 Å². The number of aromatic nitrogens is 2. The van der Waals surface area contributed by atoms with Gasteiger partial charge in [-0.3, -0.25) is 9.78 Å². The number of benzene rings is 1. The molecule has 1 aromatic heterocycles. The van der Waals surface area contributed by atoms with Gasteiger partial charge in [0.15, 0.2) is 16.3 Å². The summed E-state index contributed by atoms with van der Waals surface area (Å²) in [7, 11) is 1.34. The number of nitrogens with one attached hydrogen (secondary N) is 2. The van der Waals surface area contributed by atoms with Crippen LogP contribution >= 0.6 is 12.2 Å². The first-order valence-electron chi connectivity index (χ1n) is 4.11. The normalized spacial score (nSPS) is 10.5. The van der Waals surface area contributed by atoms with Crippen LogP contribution in [0.1, 0.15) is 0 Å². The molecule has 0 saturated carbocycles. The Hall–Kier alpha value is -1.69. The summed E-state index contributed by atoms with van der Waals surface area (Å²) in [5.41, 5.74) is -0.0194. The van der Waals surface area contributed by atoms with Crippen LogP contribution in [0.5, 0.6) is 5.75 Å². The third kappa shape index (κ3) is 1.63. The van der Waals surface area contributed by atoms with E-state index in [0.717, 1.165) is 0 Å². The Morgan fingerprint density at radius 3 is 2.80 bits per heavy atom. The second-order valence-corrected chi connectivity index (χ2v) is 3.35. The van der Waals surface area contributed by atoms with Crippen LogP contribution in [0, 0.1) is 10.6 Å². The Bertz CT molecular complexity index is 632. The van der Waals surface area contributed by atoms with E-state index in [2.05, 4.69) is 9.97 Å². The molecule has 0 radical (unpaired) electrons. The van der Waals surface area contributed by atoms with Gasteiger partial charge in [-0.2, -0.15) is 0 Å². The first kappa shape index (κ1) is 9.85. The first-order chi connectivity index (χ1) is 7.11. The van der Waals surface area contributed by atoms with E-state index >= 15 is 0 Å². The fourth-order valence-corrected chi connectivity index (χ4v) is 1.53. The summed E-state index contributed by atoms with van der Waals surface area (Å²) in [6, 6.07) is 2.51. The van der Waals surface area contributed by atoms with Crippen LogP contribution in [0.2, 0.25) is 0 Å². The molecule has 6 heteroatoms. The highest BCUT2D eigenvalue weighted by molar-refractivity contribution is 7.71. The van der Waals surface area contributed by atoms with Gasteiger partial charge in [-0.1, -0.05) is 0 Å². The van der Waals surface area contributed by atoms with E-state index < -0.39 is 5.82 Å². The van der Waals surface area contributed by atoms with Gasteiger partial charge in [0.25, 0.3) is 5.56 Å². The van der Waals surface area contributed by atoms with Gasteiger partial charge < -0.3 is 9.72 Å². The van der Waals surface area contributed by atoms with Gasteiger partial charge in [0, 0.05) is 6.07 Å². The number of H-pyrrole nitrogens is 2. The Morgan fingerprint density at radius 1 is 1.40 bits per heavy atom. The maximum atomic E-state index is 13.3. The van der Waals surface area contributed by atoms with Crippen LogP contribution in [0.4, 0.5) is 4.39 Å². The zero-order valence-electron chi connectivity index (χ0n) is 7.76. The number of rotatable bonds is 1. The van der Waals surface area contributed by atoms with Crippen molar-refractivity contribution in [3.8, 4) is 5.75 Å². The van der Waals surface area contributed by atoms with Crippen molar-refractivity contribution in [1.29, 1.82) is 0 Å². The molecular formula is C9H7FN2O2S. The average molecular weight is 226 g/mol. The highest BCUT2D eigenvalue weighted by atomic mass is 32.1. The van der Waals surface area contributed by atoms with E-state index in [4.69, 9.17) is 17.0 Å². The largest absolute Gasteiger partial charge is 0.494 e. The van der Waals surface area contributed by atoms with Gasteiger partial charge in [0.2, 0.25) is 0 Å². The number of methoxy groups -OCH3 is 1. The molecule has 0 aliphatic rings. The number of hydrogen-bond donors (Lipinski definition) is 2. The highest BCUT2D eigenvalue weighted by Crippen LogP contribution is 2.20. The minimum atomic E-state index is -0.541. The Kier molecular flexibility index (Phi) is 2.28. The van der Waals surface area contributed by atoms with E-state index in [0.29, 0.717) is 10.9 Å². The monoisotopic (exact) mass is 226 g/mol. The molecular weight excluding hydrogens is 219 g/mol. The van der Waals surface area contributed by atoms with Crippen molar-refractivity contribution in [2.45, 2.75) is 0 Å². The third-order valence-corrected chi connectivity index (χ3v) is 2.22. The van der Waals surface area contributed by atoms with Crippen molar-refractivity contribution in [3.63, 3.8) is 0 Å². The van der Waals surface area contributed by atoms with Crippen molar-refractivity contribution in [2.24, 2.45) is 0 Å². The molecule has 4 nitrogen and oxygen atoms in total. The molecule has 0 unspecified atom stereocenters. The maximum absolute atomic E-state index is 13.3. The van der Waals surface area contributed by atoms with Crippen molar-refractivity contribution in [3.05, 3.63) is 33.1 Å². The van der Waals surface area contributed by atoms with Gasteiger partial charge in [0.05, 0.1) is 18.0 Å². The molecule has 0 spiro atoms. The second-order valence-electron chi connectivity index (χ2n) is 2.94. The van der Waals surface area contributed by atoms with E-state index in [1.54, 1.807) is 0 Å². The van der Waals surface area contributed by atoms with Crippen LogP contribution in [-0.2, 0) is 0 Å². The van der Waals surface area contributed by atoms with E-state index in [9.17, 15) is 9.18 Å². The van der Waals surface area contributed by atoms with Crippen molar-refractivity contribution >= 4 is 23.1 Å². The van der Waals surface area contributed by atoms with Crippen LogP contribution in [0.25, 0.3) is 10.9 Å². The van der Waals surface area contributed by atoms with E-state index in [1.807, 2.05) is 0 Å². The molecule has 15 heavy (non-hydrogen) atoms. The maximum Gasteiger partial charge on any atom is 0.259 e. The fraction of sp³-hybridized carbons (Fsp3) is 0.111. The number of halogens is 1.